The molecule has 0 saturated carbocycles. The van der Waals surface area contributed by atoms with Gasteiger partial charge in [0.05, 0.1) is 18.9 Å². The van der Waals surface area contributed by atoms with E-state index in [0.29, 0.717) is 26.4 Å². The Labute approximate surface area is 206 Å². The zero-order valence-electron chi connectivity index (χ0n) is 20.4. The van der Waals surface area contributed by atoms with Crippen molar-refractivity contribution in [2.75, 3.05) is 38.0 Å². The maximum atomic E-state index is 13.5. The molecule has 1 amide bonds. The predicted octanol–water partition coefficient (Wildman–Crippen LogP) is 3.45. The van der Waals surface area contributed by atoms with Crippen LogP contribution in [0.4, 0.5) is 5.69 Å². The van der Waals surface area contributed by atoms with Crippen LogP contribution >= 0.6 is 0 Å². The van der Waals surface area contributed by atoms with Gasteiger partial charge in [0.25, 0.3) is 0 Å². The molecule has 2 aromatic rings. The third kappa shape index (κ3) is 5.65. The monoisotopic (exact) mass is 479 g/mol. The van der Waals surface area contributed by atoms with Crippen molar-refractivity contribution in [3.8, 4) is 5.75 Å². The lowest BCUT2D eigenvalue weighted by Crippen LogP contribution is -2.49. The molecular formula is C27H33N3O5. The van der Waals surface area contributed by atoms with E-state index in [9.17, 15) is 9.59 Å². The number of hydrazone groups is 1. The number of carbonyl (C=O) groups excluding carboxylic acids is 2. The van der Waals surface area contributed by atoms with Gasteiger partial charge in [0.15, 0.2) is 0 Å². The smallest absolute Gasteiger partial charge is 0.354 e. The van der Waals surface area contributed by atoms with Gasteiger partial charge in [0, 0.05) is 31.6 Å². The van der Waals surface area contributed by atoms with Crippen molar-refractivity contribution < 1.29 is 23.8 Å². The van der Waals surface area contributed by atoms with Gasteiger partial charge < -0.3 is 19.5 Å². The van der Waals surface area contributed by atoms with Crippen LogP contribution in [0.1, 0.15) is 38.7 Å². The molecule has 0 radical (unpaired) electrons. The van der Waals surface area contributed by atoms with E-state index in [-0.39, 0.29) is 30.1 Å². The van der Waals surface area contributed by atoms with Crippen LogP contribution in [0.15, 0.2) is 59.7 Å². The van der Waals surface area contributed by atoms with Gasteiger partial charge in [-0.2, -0.15) is 5.10 Å². The molecule has 0 aromatic heterocycles. The van der Waals surface area contributed by atoms with Crippen molar-refractivity contribution in [2.45, 2.75) is 44.6 Å². The van der Waals surface area contributed by atoms with Gasteiger partial charge in [-0.3, -0.25) is 9.80 Å². The zero-order valence-corrected chi connectivity index (χ0v) is 20.4. The Kier molecular flexibility index (Phi) is 8.02. The number of esters is 1. The van der Waals surface area contributed by atoms with Crippen molar-refractivity contribution in [3.05, 3.63) is 60.2 Å². The molecule has 0 spiro atoms. The maximum Gasteiger partial charge on any atom is 0.354 e. The number of anilines is 1. The molecule has 2 aliphatic heterocycles. The standard InChI is InChI=1S/C27H33N3O5/c1-3-34-22-12-10-20(11-13-22)27(14-16-33-17-15-27)19-28-25(31)24-18-23(26(32)35-4-2)29-30(24)21-8-6-5-7-9-21/h5-13,24H,3-4,14-19H2,1-2H3,(H,28,31). The second kappa shape index (κ2) is 11.4. The zero-order chi connectivity index (χ0) is 24.7. The van der Waals surface area contributed by atoms with Crippen molar-refractivity contribution in [1.82, 2.24) is 5.32 Å². The molecule has 2 heterocycles. The first kappa shape index (κ1) is 24.7. The Morgan fingerprint density at radius 3 is 2.43 bits per heavy atom. The van der Waals surface area contributed by atoms with Crippen LogP contribution in [0.25, 0.3) is 0 Å². The number of benzene rings is 2. The van der Waals surface area contributed by atoms with Crippen molar-refractivity contribution >= 4 is 23.3 Å². The maximum absolute atomic E-state index is 13.5. The summed E-state index contributed by atoms with van der Waals surface area (Å²) < 4.78 is 16.4. The van der Waals surface area contributed by atoms with E-state index in [1.807, 2.05) is 49.4 Å². The fraction of sp³-hybridized carbons (Fsp3) is 0.444. The number of hydrogen-bond acceptors (Lipinski definition) is 7. The summed E-state index contributed by atoms with van der Waals surface area (Å²) in [7, 11) is 0. The van der Waals surface area contributed by atoms with E-state index in [4.69, 9.17) is 14.2 Å². The van der Waals surface area contributed by atoms with Gasteiger partial charge in [-0.1, -0.05) is 30.3 Å². The summed E-state index contributed by atoms with van der Waals surface area (Å²) >= 11 is 0. The van der Waals surface area contributed by atoms with Gasteiger partial charge in [-0.25, -0.2) is 4.79 Å². The lowest BCUT2D eigenvalue weighted by molar-refractivity contribution is -0.135. The molecule has 35 heavy (non-hydrogen) atoms. The lowest BCUT2D eigenvalue weighted by atomic mass is 9.74. The van der Waals surface area contributed by atoms with Crippen LogP contribution in [0.3, 0.4) is 0 Å². The van der Waals surface area contributed by atoms with Crippen LogP contribution in [-0.4, -0.2) is 56.6 Å². The SMILES string of the molecule is CCOC(=O)C1=NN(c2ccccc2)C(C(=O)NCC2(c3ccc(OCC)cc3)CCOCC2)C1. The van der Waals surface area contributed by atoms with E-state index < -0.39 is 12.0 Å². The molecule has 2 aliphatic rings. The van der Waals surface area contributed by atoms with Gasteiger partial charge in [0.1, 0.15) is 17.5 Å². The minimum atomic E-state index is -0.631. The number of ether oxygens (including phenoxy) is 3. The number of hydrogen-bond donors (Lipinski definition) is 1. The summed E-state index contributed by atoms with van der Waals surface area (Å²) in [6, 6.07) is 16.9. The molecule has 1 atom stereocenters. The molecule has 186 valence electrons. The third-order valence-electron chi connectivity index (χ3n) is 6.57. The summed E-state index contributed by atoms with van der Waals surface area (Å²) in [5.41, 5.74) is 1.92. The Morgan fingerprint density at radius 1 is 1.06 bits per heavy atom. The quantitative estimate of drug-likeness (QED) is 0.554. The molecule has 4 rings (SSSR count). The van der Waals surface area contributed by atoms with Crippen molar-refractivity contribution in [2.24, 2.45) is 5.10 Å². The van der Waals surface area contributed by atoms with Crippen LogP contribution in [0.5, 0.6) is 5.75 Å². The Morgan fingerprint density at radius 2 is 1.77 bits per heavy atom. The molecule has 1 unspecified atom stereocenters. The molecule has 8 heteroatoms. The average Bonchev–Trinajstić information content (AvgIpc) is 3.35. The lowest BCUT2D eigenvalue weighted by Gasteiger charge is -2.38. The second-order valence-electron chi connectivity index (χ2n) is 8.74. The molecule has 8 nitrogen and oxygen atoms in total. The summed E-state index contributed by atoms with van der Waals surface area (Å²) in [5.74, 6) is 0.170. The topological polar surface area (TPSA) is 89.5 Å². The third-order valence-corrected chi connectivity index (χ3v) is 6.57. The molecule has 1 saturated heterocycles. The minimum absolute atomic E-state index is 0.172. The number of carbonyl (C=O) groups is 2. The van der Waals surface area contributed by atoms with Gasteiger partial charge in [-0.05, 0) is 56.5 Å². The molecule has 0 bridgehead atoms. The summed E-state index contributed by atoms with van der Waals surface area (Å²) in [6.07, 6.45) is 1.80. The second-order valence-corrected chi connectivity index (χ2v) is 8.74. The summed E-state index contributed by atoms with van der Waals surface area (Å²) in [5, 5.41) is 9.25. The van der Waals surface area contributed by atoms with E-state index in [1.54, 1.807) is 11.9 Å². The van der Waals surface area contributed by atoms with Gasteiger partial charge in [0.2, 0.25) is 5.91 Å². The molecule has 2 aromatic carbocycles. The first-order valence-corrected chi connectivity index (χ1v) is 12.2. The predicted molar refractivity (Wildman–Crippen MR) is 134 cm³/mol. The molecule has 0 aliphatic carbocycles. The van der Waals surface area contributed by atoms with Crippen LogP contribution in [-0.2, 0) is 24.5 Å². The normalized spacial score (nSPS) is 19.1. The number of nitrogens with one attached hydrogen (secondary N) is 1. The van der Waals surface area contributed by atoms with Gasteiger partial charge in [-0.15, -0.1) is 0 Å². The molecular weight excluding hydrogens is 446 g/mol. The van der Waals surface area contributed by atoms with E-state index >= 15 is 0 Å². The first-order valence-electron chi connectivity index (χ1n) is 12.2. The highest BCUT2D eigenvalue weighted by atomic mass is 16.5. The highest BCUT2D eigenvalue weighted by molar-refractivity contribution is 6.38. The number of para-hydroxylation sites is 1. The number of amides is 1. The highest BCUT2D eigenvalue weighted by Crippen LogP contribution is 2.35. The molecule has 1 fully saturated rings. The minimum Gasteiger partial charge on any atom is -0.494 e. The molecule has 1 N–H and O–H groups in total. The fourth-order valence-corrected chi connectivity index (χ4v) is 4.65. The van der Waals surface area contributed by atoms with Crippen molar-refractivity contribution in [3.63, 3.8) is 0 Å². The van der Waals surface area contributed by atoms with Crippen LogP contribution in [0, 0.1) is 0 Å². The van der Waals surface area contributed by atoms with E-state index in [1.165, 1.54) is 0 Å². The van der Waals surface area contributed by atoms with Crippen LogP contribution in [0.2, 0.25) is 0 Å². The number of nitrogens with zero attached hydrogens (tertiary/aromatic N) is 2. The van der Waals surface area contributed by atoms with E-state index in [2.05, 4.69) is 22.6 Å². The highest BCUT2D eigenvalue weighted by Gasteiger charge is 2.39. The fourth-order valence-electron chi connectivity index (χ4n) is 4.65. The largest absolute Gasteiger partial charge is 0.494 e. The van der Waals surface area contributed by atoms with Crippen LogP contribution < -0.4 is 15.1 Å². The van der Waals surface area contributed by atoms with Crippen molar-refractivity contribution in [1.29, 1.82) is 0 Å². The average molecular weight is 480 g/mol. The summed E-state index contributed by atoms with van der Waals surface area (Å²) in [6.45, 7) is 6.33. The Balaban J connectivity index is 1.52. The number of rotatable bonds is 9. The summed E-state index contributed by atoms with van der Waals surface area (Å²) in [4.78, 5) is 25.9. The first-order chi connectivity index (χ1) is 17.1. The van der Waals surface area contributed by atoms with Gasteiger partial charge >= 0.3 is 5.97 Å². The van der Waals surface area contributed by atoms with E-state index in [0.717, 1.165) is 29.8 Å². The Hall–Kier alpha value is -3.39. The Bertz CT molecular complexity index is 1030.